The van der Waals surface area contributed by atoms with E-state index >= 15 is 0 Å². The summed E-state index contributed by atoms with van der Waals surface area (Å²) in [6.07, 6.45) is 7.19. The number of carbonyl (C=O) groups excluding carboxylic acids is 2. The van der Waals surface area contributed by atoms with E-state index in [0.29, 0.717) is 25.7 Å². The van der Waals surface area contributed by atoms with Crippen LogP contribution >= 0.6 is 0 Å². The lowest BCUT2D eigenvalue weighted by molar-refractivity contribution is -0.169. The third-order valence-electron chi connectivity index (χ3n) is 7.65. The Labute approximate surface area is 165 Å². The van der Waals surface area contributed by atoms with Gasteiger partial charge < -0.3 is 19.7 Å². The molecule has 2 heterocycles. The zero-order chi connectivity index (χ0) is 20.2. The number of carbonyl (C=O) groups is 2. The Kier molecular flexibility index (Phi) is 4.58. The number of ether oxygens (including phenoxy) is 2. The summed E-state index contributed by atoms with van der Waals surface area (Å²) in [5, 5.41) is 22.4. The second-order valence-electron chi connectivity index (χ2n) is 9.19. The molecule has 158 valence electrons. The van der Waals surface area contributed by atoms with E-state index in [1.807, 2.05) is 0 Å². The lowest BCUT2D eigenvalue weighted by atomic mass is 9.77. The average molecular weight is 396 g/mol. The Hall–Kier alpha value is -1.54. The fourth-order valence-electron chi connectivity index (χ4n) is 5.70. The van der Waals surface area contributed by atoms with Gasteiger partial charge in [0.05, 0.1) is 0 Å². The van der Waals surface area contributed by atoms with Crippen LogP contribution in [0.5, 0.6) is 0 Å². The minimum absolute atomic E-state index is 0.0783. The maximum atomic E-state index is 12.6. The Morgan fingerprint density at radius 1 is 0.714 bits per heavy atom. The zero-order valence-electron chi connectivity index (χ0n) is 16.9. The summed E-state index contributed by atoms with van der Waals surface area (Å²) in [7, 11) is 0. The van der Waals surface area contributed by atoms with Crippen LogP contribution in [-0.4, -0.2) is 67.9 Å². The summed E-state index contributed by atoms with van der Waals surface area (Å²) in [5.74, 6) is 0. The number of amides is 2. The molecule has 0 aromatic carbocycles. The van der Waals surface area contributed by atoms with Gasteiger partial charge in [-0.3, -0.25) is 9.80 Å². The highest BCUT2D eigenvalue weighted by atomic mass is 16.6. The average Bonchev–Trinajstić information content (AvgIpc) is 2.93. The fourth-order valence-corrected chi connectivity index (χ4v) is 5.70. The molecule has 2 saturated heterocycles. The molecule has 4 rings (SSSR count). The second-order valence-corrected chi connectivity index (χ2v) is 9.19. The molecule has 2 N–H and O–H groups in total. The van der Waals surface area contributed by atoms with Crippen molar-refractivity contribution in [2.75, 3.05) is 13.1 Å². The number of aliphatic hydroxyl groups is 2. The lowest BCUT2D eigenvalue weighted by Crippen LogP contribution is -2.61. The molecular weight excluding hydrogens is 364 g/mol. The van der Waals surface area contributed by atoms with Crippen molar-refractivity contribution in [3.63, 3.8) is 0 Å². The molecule has 2 atom stereocenters. The maximum absolute atomic E-state index is 12.6. The summed E-state index contributed by atoms with van der Waals surface area (Å²) < 4.78 is 11.3. The van der Waals surface area contributed by atoms with Gasteiger partial charge in [0.1, 0.15) is 0 Å². The zero-order valence-corrected chi connectivity index (χ0v) is 16.9. The number of rotatable bonds is 3. The van der Waals surface area contributed by atoms with Crippen molar-refractivity contribution in [1.29, 1.82) is 0 Å². The fraction of sp³-hybridized carbons (Fsp3) is 0.900. The van der Waals surface area contributed by atoms with Crippen LogP contribution in [0.25, 0.3) is 0 Å². The molecule has 2 aliphatic carbocycles. The van der Waals surface area contributed by atoms with Gasteiger partial charge in [0.25, 0.3) is 0 Å². The minimum atomic E-state index is -1.44. The quantitative estimate of drug-likeness (QED) is 0.761. The van der Waals surface area contributed by atoms with Crippen molar-refractivity contribution in [3.8, 4) is 0 Å². The van der Waals surface area contributed by atoms with Gasteiger partial charge >= 0.3 is 12.2 Å². The normalized spacial score (nSPS) is 36.9. The molecule has 0 radical (unpaired) electrons. The molecule has 0 aromatic heterocycles. The van der Waals surface area contributed by atoms with Gasteiger partial charge in [-0.05, 0) is 65.2 Å². The first kappa shape index (κ1) is 19.8. The highest BCUT2D eigenvalue weighted by Gasteiger charge is 2.64. The van der Waals surface area contributed by atoms with E-state index in [2.05, 4.69) is 0 Å². The van der Waals surface area contributed by atoms with Gasteiger partial charge in [0, 0.05) is 13.1 Å². The molecule has 2 spiro atoms. The molecular formula is C20H32N2O6. The van der Waals surface area contributed by atoms with Crippen molar-refractivity contribution in [3.05, 3.63) is 0 Å². The molecule has 2 aliphatic heterocycles. The number of hydrogen-bond acceptors (Lipinski definition) is 6. The summed E-state index contributed by atoms with van der Waals surface area (Å²) in [6.45, 7) is 3.39. The molecule has 2 unspecified atom stereocenters. The first-order valence-corrected chi connectivity index (χ1v) is 10.6. The summed E-state index contributed by atoms with van der Waals surface area (Å²) in [5.41, 5.74) is -4.66. The van der Waals surface area contributed by atoms with Crippen LogP contribution in [0.4, 0.5) is 9.59 Å². The second kappa shape index (κ2) is 6.49. The maximum Gasteiger partial charge on any atom is 0.412 e. The largest absolute Gasteiger partial charge is 0.438 e. The monoisotopic (exact) mass is 396 g/mol. The van der Waals surface area contributed by atoms with Gasteiger partial charge in [0.15, 0.2) is 22.7 Å². The molecule has 4 aliphatic rings. The van der Waals surface area contributed by atoms with E-state index in [4.69, 9.17) is 9.47 Å². The predicted molar refractivity (Wildman–Crippen MR) is 99.3 cm³/mol. The van der Waals surface area contributed by atoms with E-state index in [1.54, 1.807) is 13.8 Å². The number of nitrogens with zero attached hydrogens (tertiary/aromatic N) is 2. The SMILES string of the molecule is CC1(O)N(CCN2C(=O)OC3(CCCCC3)C2(C)O)C(=O)OC12CCCCC2. The summed E-state index contributed by atoms with van der Waals surface area (Å²) >= 11 is 0. The third-order valence-corrected chi connectivity index (χ3v) is 7.65. The highest BCUT2D eigenvalue weighted by molar-refractivity contribution is 5.74. The minimum Gasteiger partial charge on any atom is -0.438 e. The molecule has 8 heteroatoms. The van der Waals surface area contributed by atoms with Crippen LogP contribution in [-0.2, 0) is 9.47 Å². The van der Waals surface area contributed by atoms with Gasteiger partial charge in [0.2, 0.25) is 0 Å². The Bertz CT molecular complexity index is 593. The van der Waals surface area contributed by atoms with Crippen LogP contribution in [0, 0.1) is 0 Å². The molecule has 2 saturated carbocycles. The van der Waals surface area contributed by atoms with E-state index in [-0.39, 0.29) is 13.1 Å². The van der Waals surface area contributed by atoms with E-state index in [1.165, 1.54) is 9.80 Å². The van der Waals surface area contributed by atoms with Crippen molar-refractivity contribution in [1.82, 2.24) is 9.80 Å². The van der Waals surface area contributed by atoms with Crippen LogP contribution in [0.15, 0.2) is 0 Å². The molecule has 4 fully saturated rings. The van der Waals surface area contributed by atoms with E-state index in [9.17, 15) is 19.8 Å². The first-order valence-electron chi connectivity index (χ1n) is 10.6. The van der Waals surface area contributed by atoms with Crippen molar-refractivity contribution in [2.24, 2.45) is 0 Å². The third kappa shape index (κ3) is 2.64. The van der Waals surface area contributed by atoms with E-state index < -0.39 is 34.8 Å². The van der Waals surface area contributed by atoms with Crippen molar-refractivity contribution in [2.45, 2.75) is 101 Å². The van der Waals surface area contributed by atoms with Crippen LogP contribution < -0.4 is 0 Å². The topological polar surface area (TPSA) is 99.5 Å². The van der Waals surface area contributed by atoms with Gasteiger partial charge in [-0.15, -0.1) is 0 Å². The van der Waals surface area contributed by atoms with Gasteiger partial charge in [-0.1, -0.05) is 12.8 Å². The van der Waals surface area contributed by atoms with Crippen LogP contribution in [0.2, 0.25) is 0 Å². The molecule has 28 heavy (non-hydrogen) atoms. The predicted octanol–water partition coefficient (Wildman–Crippen LogP) is 2.71. The molecule has 2 amide bonds. The number of hydrogen-bond donors (Lipinski definition) is 2. The van der Waals surface area contributed by atoms with Gasteiger partial charge in [-0.2, -0.15) is 0 Å². The van der Waals surface area contributed by atoms with Gasteiger partial charge in [-0.25, -0.2) is 9.59 Å². The standard InChI is InChI=1S/C20H32N2O6/c1-17(25)19(9-5-3-6-10-19)27-15(23)21(17)13-14-22-16(24)28-20(18(22,2)26)11-7-4-8-12-20/h25-26H,3-14H2,1-2H3. The molecule has 0 aromatic rings. The van der Waals surface area contributed by atoms with Crippen LogP contribution in [0.1, 0.15) is 78.1 Å². The first-order chi connectivity index (χ1) is 13.2. The summed E-state index contributed by atoms with van der Waals surface area (Å²) in [6, 6.07) is 0. The molecule has 8 nitrogen and oxygen atoms in total. The van der Waals surface area contributed by atoms with E-state index in [0.717, 1.165) is 38.5 Å². The van der Waals surface area contributed by atoms with Crippen molar-refractivity contribution >= 4 is 12.2 Å². The smallest absolute Gasteiger partial charge is 0.412 e. The lowest BCUT2D eigenvalue weighted by Gasteiger charge is -2.43. The molecule has 0 bridgehead atoms. The Morgan fingerprint density at radius 2 is 1.04 bits per heavy atom. The Morgan fingerprint density at radius 3 is 1.36 bits per heavy atom. The van der Waals surface area contributed by atoms with Crippen molar-refractivity contribution < 1.29 is 29.3 Å². The summed E-state index contributed by atoms with van der Waals surface area (Å²) in [4.78, 5) is 27.7. The highest BCUT2D eigenvalue weighted by Crippen LogP contribution is 2.48. The Balaban J connectivity index is 1.49. The van der Waals surface area contributed by atoms with Crippen LogP contribution in [0.3, 0.4) is 0 Å².